The van der Waals surface area contributed by atoms with Crippen LogP contribution in [0.3, 0.4) is 0 Å². The maximum atomic E-state index is 12.2. The van der Waals surface area contributed by atoms with Gasteiger partial charge in [0.15, 0.2) is 0 Å². The Balaban J connectivity index is 2.08. The number of carbonyl (C=O) groups is 1. The molecule has 1 saturated heterocycles. The van der Waals surface area contributed by atoms with Gasteiger partial charge < -0.3 is 9.84 Å². The first-order valence-electron chi connectivity index (χ1n) is 6.67. The highest BCUT2D eigenvalue weighted by Gasteiger charge is 2.28. The van der Waals surface area contributed by atoms with Crippen LogP contribution < -0.4 is 4.74 Å². The number of benzene rings is 1. The van der Waals surface area contributed by atoms with Gasteiger partial charge in [-0.2, -0.15) is 8.78 Å². The number of piperidine rings is 1. The van der Waals surface area contributed by atoms with Crippen molar-refractivity contribution in [2.45, 2.75) is 38.5 Å². The third-order valence-electron chi connectivity index (χ3n) is 3.50. The fourth-order valence-electron chi connectivity index (χ4n) is 2.53. The van der Waals surface area contributed by atoms with E-state index in [1.165, 1.54) is 6.07 Å². The average Bonchev–Trinajstić information content (AvgIpc) is 2.42. The predicted octanol–water partition coefficient (Wildman–Crippen LogP) is 3.49. The molecule has 1 atom stereocenters. The summed E-state index contributed by atoms with van der Waals surface area (Å²) < 4.78 is 29.2. The SMILES string of the molecule is O=C(O)C1CCCCN1Cc1ccc(OC(F)F)c(Br)c1. The van der Waals surface area contributed by atoms with Crippen molar-refractivity contribution in [3.63, 3.8) is 0 Å². The summed E-state index contributed by atoms with van der Waals surface area (Å²) in [6, 6.07) is 4.35. The first-order valence-corrected chi connectivity index (χ1v) is 7.47. The topological polar surface area (TPSA) is 49.8 Å². The molecule has 2 rings (SSSR count). The highest BCUT2D eigenvalue weighted by molar-refractivity contribution is 9.10. The van der Waals surface area contributed by atoms with Crippen LogP contribution >= 0.6 is 15.9 Å². The van der Waals surface area contributed by atoms with Gasteiger partial charge in [0.2, 0.25) is 0 Å². The number of ether oxygens (including phenoxy) is 1. The number of hydrogen-bond acceptors (Lipinski definition) is 3. The zero-order valence-corrected chi connectivity index (χ0v) is 12.9. The van der Waals surface area contributed by atoms with Gasteiger partial charge in [0, 0.05) is 6.54 Å². The first kappa shape index (κ1) is 16.2. The number of hydrogen-bond donors (Lipinski definition) is 1. The number of carboxylic acids is 1. The van der Waals surface area contributed by atoms with Crippen LogP contribution in [-0.4, -0.2) is 35.2 Å². The molecule has 0 aromatic heterocycles. The molecule has 0 aliphatic carbocycles. The summed E-state index contributed by atoms with van der Waals surface area (Å²) in [7, 11) is 0. The number of nitrogens with zero attached hydrogens (tertiary/aromatic N) is 1. The van der Waals surface area contributed by atoms with Gasteiger partial charge >= 0.3 is 12.6 Å². The molecule has 1 aromatic carbocycles. The van der Waals surface area contributed by atoms with Gasteiger partial charge in [-0.15, -0.1) is 0 Å². The average molecular weight is 364 g/mol. The van der Waals surface area contributed by atoms with E-state index in [9.17, 15) is 18.7 Å². The van der Waals surface area contributed by atoms with Crippen LogP contribution in [0.25, 0.3) is 0 Å². The lowest BCUT2D eigenvalue weighted by Crippen LogP contribution is -2.43. The van der Waals surface area contributed by atoms with Crippen LogP contribution in [0.15, 0.2) is 22.7 Å². The van der Waals surface area contributed by atoms with E-state index in [0.717, 1.165) is 24.9 Å². The summed E-state index contributed by atoms with van der Waals surface area (Å²) in [5.41, 5.74) is 0.858. The van der Waals surface area contributed by atoms with E-state index in [1.807, 2.05) is 4.90 Å². The molecule has 116 valence electrons. The minimum Gasteiger partial charge on any atom is -0.480 e. The summed E-state index contributed by atoms with van der Waals surface area (Å²) in [5, 5.41) is 9.23. The third kappa shape index (κ3) is 4.38. The normalized spacial score (nSPS) is 19.7. The van der Waals surface area contributed by atoms with E-state index in [-0.39, 0.29) is 5.75 Å². The van der Waals surface area contributed by atoms with Crippen LogP contribution in [0.5, 0.6) is 5.75 Å². The molecular formula is C14H16BrF2NO3. The van der Waals surface area contributed by atoms with Crippen molar-refractivity contribution in [3.8, 4) is 5.75 Å². The van der Waals surface area contributed by atoms with Crippen LogP contribution in [0, 0.1) is 0 Å². The Hall–Kier alpha value is -1.21. The zero-order valence-electron chi connectivity index (χ0n) is 11.3. The molecule has 0 saturated carbocycles. The summed E-state index contributed by atoms with van der Waals surface area (Å²) in [6.45, 7) is -1.67. The van der Waals surface area contributed by atoms with Crippen molar-refractivity contribution in [2.24, 2.45) is 0 Å². The number of aliphatic carboxylic acids is 1. The van der Waals surface area contributed by atoms with Gasteiger partial charge in [-0.05, 0) is 53.0 Å². The second kappa shape index (κ2) is 7.17. The Morgan fingerprint density at radius 3 is 2.86 bits per heavy atom. The molecule has 1 unspecified atom stereocenters. The minimum atomic E-state index is -2.87. The highest BCUT2D eigenvalue weighted by Crippen LogP contribution is 2.29. The van der Waals surface area contributed by atoms with E-state index in [1.54, 1.807) is 12.1 Å². The summed E-state index contributed by atoms with van der Waals surface area (Å²) in [4.78, 5) is 13.1. The summed E-state index contributed by atoms with van der Waals surface area (Å²) in [5.74, 6) is -0.742. The fraction of sp³-hybridized carbons (Fsp3) is 0.500. The second-order valence-corrected chi connectivity index (χ2v) is 5.82. The Bertz CT molecular complexity index is 513. The Morgan fingerprint density at radius 2 is 2.24 bits per heavy atom. The minimum absolute atomic E-state index is 0.0715. The molecule has 4 nitrogen and oxygen atoms in total. The van der Waals surface area contributed by atoms with Crippen molar-refractivity contribution in [2.75, 3.05) is 6.54 Å². The molecule has 0 amide bonds. The van der Waals surface area contributed by atoms with Gasteiger partial charge in [0.25, 0.3) is 0 Å². The molecule has 7 heteroatoms. The lowest BCUT2D eigenvalue weighted by Gasteiger charge is -2.32. The van der Waals surface area contributed by atoms with E-state index in [2.05, 4.69) is 20.7 Å². The van der Waals surface area contributed by atoms with Crippen molar-refractivity contribution in [3.05, 3.63) is 28.2 Å². The zero-order chi connectivity index (χ0) is 15.4. The molecule has 1 aromatic rings. The summed E-state index contributed by atoms with van der Waals surface area (Å²) in [6.07, 6.45) is 2.53. The molecule has 1 aliphatic rings. The lowest BCUT2D eigenvalue weighted by atomic mass is 10.0. The number of rotatable bonds is 5. The van der Waals surface area contributed by atoms with Gasteiger partial charge in [0.05, 0.1) is 4.47 Å². The number of carboxylic acid groups (broad SMARTS) is 1. The summed E-state index contributed by atoms with van der Waals surface area (Å²) >= 11 is 3.19. The molecule has 21 heavy (non-hydrogen) atoms. The number of likely N-dealkylation sites (tertiary alicyclic amines) is 1. The lowest BCUT2D eigenvalue weighted by molar-refractivity contribution is -0.144. The van der Waals surface area contributed by atoms with Crippen molar-refractivity contribution in [1.82, 2.24) is 4.90 Å². The quantitative estimate of drug-likeness (QED) is 0.869. The van der Waals surface area contributed by atoms with Crippen LogP contribution in [-0.2, 0) is 11.3 Å². The highest BCUT2D eigenvalue weighted by atomic mass is 79.9. The van der Waals surface area contributed by atoms with E-state index < -0.39 is 18.6 Å². The molecule has 0 bridgehead atoms. The predicted molar refractivity (Wildman–Crippen MR) is 76.5 cm³/mol. The molecule has 1 aliphatic heterocycles. The van der Waals surface area contributed by atoms with E-state index in [0.29, 0.717) is 17.4 Å². The number of alkyl halides is 2. The van der Waals surface area contributed by atoms with Crippen molar-refractivity contribution >= 4 is 21.9 Å². The van der Waals surface area contributed by atoms with Crippen molar-refractivity contribution in [1.29, 1.82) is 0 Å². The Kier molecular flexibility index (Phi) is 5.52. The standard InChI is InChI=1S/C14H16BrF2NO3/c15-10-7-9(4-5-12(10)21-14(16)17)8-18-6-2-1-3-11(18)13(19)20/h4-5,7,11,14H,1-3,6,8H2,(H,19,20). The molecule has 0 spiro atoms. The van der Waals surface area contributed by atoms with Crippen LogP contribution in [0.2, 0.25) is 0 Å². The van der Waals surface area contributed by atoms with E-state index in [4.69, 9.17) is 0 Å². The molecule has 1 N–H and O–H groups in total. The Labute approximate surface area is 129 Å². The smallest absolute Gasteiger partial charge is 0.387 e. The molecule has 1 fully saturated rings. The van der Waals surface area contributed by atoms with Gasteiger partial charge in [0.1, 0.15) is 11.8 Å². The van der Waals surface area contributed by atoms with Gasteiger partial charge in [-0.25, -0.2) is 0 Å². The maximum absolute atomic E-state index is 12.2. The van der Waals surface area contributed by atoms with Crippen molar-refractivity contribution < 1.29 is 23.4 Å². The number of halogens is 3. The molecular weight excluding hydrogens is 348 g/mol. The Morgan fingerprint density at radius 1 is 1.48 bits per heavy atom. The largest absolute Gasteiger partial charge is 0.480 e. The maximum Gasteiger partial charge on any atom is 0.387 e. The van der Waals surface area contributed by atoms with E-state index >= 15 is 0 Å². The third-order valence-corrected chi connectivity index (χ3v) is 4.12. The fourth-order valence-corrected chi connectivity index (χ4v) is 3.05. The van der Waals surface area contributed by atoms with Gasteiger partial charge in [-0.3, -0.25) is 9.69 Å². The second-order valence-electron chi connectivity index (χ2n) is 4.96. The van der Waals surface area contributed by atoms with Gasteiger partial charge in [-0.1, -0.05) is 12.5 Å². The molecule has 1 heterocycles. The van der Waals surface area contributed by atoms with Crippen LogP contribution in [0.4, 0.5) is 8.78 Å². The van der Waals surface area contributed by atoms with Crippen LogP contribution in [0.1, 0.15) is 24.8 Å². The first-order chi connectivity index (χ1) is 9.97. The monoisotopic (exact) mass is 363 g/mol. The molecule has 0 radical (unpaired) electrons.